The summed E-state index contributed by atoms with van der Waals surface area (Å²) in [4.78, 5) is 2.29. The van der Waals surface area contributed by atoms with Crippen LogP contribution in [0.5, 0.6) is 0 Å². The van der Waals surface area contributed by atoms with Crippen molar-refractivity contribution >= 4 is 5.82 Å². The van der Waals surface area contributed by atoms with Gasteiger partial charge in [-0.25, -0.2) is 0 Å². The standard InChI is InChI=1S/C11H18N4/c1-8-6-11(14-13-10(8)3)15-5-4-12-9(2)7-15/h6,9,12H,4-5,7H2,1-3H3. The second-order valence-corrected chi connectivity index (χ2v) is 4.27. The number of rotatable bonds is 1. The molecule has 1 aliphatic heterocycles. The van der Waals surface area contributed by atoms with E-state index in [0.717, 1.165) is 31.1 Å². The molecule has 1 atom stereocenters. The van der Waals surface area contributed by atoms with Crippen LogP contribution in [0.1, 0.15) is 18.2 Å². The van der Waals surface area contributed by atoms with Crippen LogP contribution >= 0.6 is 0 Å². The lowest BCUT2D eigenvalue weighted by Crippen LogP contribution is -2.49. The smallest absolute Gasteiger partial charge is 0.151 e. The number of aromatic nitrogens is 2. The van der Waals surface area contributed by atoms with Crippen LogP contribution in [0.3, 0.4) is 0 Å². The number of aryl methyl sites for hydroxylation is 2. The first kappa shape index (κ1) is 10.4. The summed E-state index contributed by atoms with van der Waals surface area (Å²) in [7, 11) is 0. The van der Waals surface area contributed by atoms with Crippen molar-refractivity contribution < 1.29 is 0 Å². The summed E-state index contributed by atoms with van der Waals surface area (Å²) < 4.78 is 0. The van der Waals surface area contributed by atoms with Crippen molar-refractivity contribution in [1.82, 2.24) is 15.5 Å². The molecule has 0 radical (unpaired) electrons. The van der Waals surface area contributed by atoms with E-state index in [1.54, 1.807) is 0 Å². The van der Waals surface area contributed by atoms with E-state index in [-0.39, 0.29) is 0 Å². The van der Waals surface area contributed by atoms with Crippen molar-refractivity contribution in [2.75, 3.05) is 24.5 Å². The zero-order valence-corrected chi connectivity index (χ0v) is 9.62. The average Bonchev–Trinajstić information content (AvgIpc) is 2.22. The fourth-order valence-electron chi connectivity index (χ4n) is 1.83. The maximum atomic E-state index is 4.25. The van der Waals surface area contributed by atoms with Crippen LogP contribution in [-0.4, -0.2) is 35.9 Å². The molecule has 1 aromatic heterocycles. The monoisotopic (exact) mass is 206 g/mol. The highest BCUT2D eigenvalue weighted by molar-refractivity contribution is 5.41. The normalized spacial score (nSPS) is 21.8. The van der Waals surface area contributed by atoms with Gasteiger partial charge in [0.15, 0.2) is 5.82 Å². The van der Waals surface area contributed by atoms with Crippen molar-refractivity contribution in [1.29, 1.82) is 0 Å². The van der Waals surface area contributed by atoms with Gasteiger partial charge in [-0.2, -0.15) is 5.10 Å². The third-order valence-corrected chi connectivity index (χ3v) is 2.91. The Bertz CT molecular complexity index is 350. The molecule has 15 heavy (non-hydrogen) atoms. The Morgan fingerprint density at radius 3 is 2.87 bits per heavy atom. The number of piperazine rings is 1. The van der Waals surface area contributed by atoms with E-state index < -0.39 is 0 Å². The van der Waals surface area contributed by atoms with Crippen molar-refractivity contribution in [3.8, 4) is 0 Å². The number of hydrogen-bond acceptors (Lipinski definition) is 4. The van der Waals surface area contributed by atoms with Crippen LogP contribution in [0.2, 0.25) is 0 Å². The second kappa shape index (κ2) is 4.14. The largest absolute Gasteiger partial charge is 0.352 e. The van der Waals surface area contributed by atoms with Gasteiger partial charge in [-0.15, -0.1) is 5.10 Å². The summed E-state index contributed by atoms with van der Waals surface area (Å²) in [6.45, 7) is 9.32. The van der Waals surface area contributed by atoms with E-state index in [1.165, 1.54) is 5.56 Å². The van der Waals surface area contributed by atoms with Crippen LogP contribution in [0, 0.1) is 13.8 Å². The minimum Gasteiger partial charge on any atom is -0.352 e. The molecule has 1 aliphatic rings. The third kappa shape index (κ3) is 2.26. The summed E-state index contributed by atoms with van der Waals surface area (Å²) in [5.74, 6) is 1.01. The molecule has 1 unspecified atom stereocenters. The lowest BCUT2D eigenvalue weighted by molar-refractivity contribution is 0.481. The fourth-order valence-corrected chi connectivity index (χ4v) is 1.83. The van der Waals surface area contributed by atoms with Crippen molar-refractivity contribution in [3.63, 3.8) is 0 Å². The summed E-state index contributed by atoms with van der Waals surface area (Å²) in [6.07, 6.45) is 0. The lowest BCUT2D eigenvalue weighted by atomic mass is 10.2. The van der Waals surface area contributed by atoms with E-state index in [1.807, 2.05) is 6.92 Å². The Hall–Kier alpha value is -1.16. The van der Waals surface area contributed by atoms with E-state index in [4.69, 9.17) is 0 Å². The Morgan fingerprint density at radius 1 is 1.40 bits per heavy atom. The quantitative estimate of drug-likeness (QED) is 0.741. The van der Waals surface area contributed by atoms with Gasteiger partial charge in [0.25, 0.3) is 0 Å². The maximum absolute atomic E-state index is 4.25. The maximum Gasteiger partial charge on any atom is 0.151 e. The molecular weight excluding hydrogens is 188 g/mol. The molecule has 1 aromatic rings. The molecule has 1 fully saturated rings. The predicted octanol–water partition coefficient (Wildman–Crippen LogP) is 0.892. The minimum atomic E-state index is 0.530. The van der Waals surface area contributed by atoms with Gasteiger partial charge in [-0.3, -0.25) is 0 Å². The topological polar surface area (TPSA) is 41.0 Å². The van der Waals surface area contributed by atoms with E-state index in [9.17, 15) is 0 Å². The first-order chi connectivity index (χ1) is 7.16. The number of hydrogen-bond donors (Lipinski definition) is 1. The molecular formula is C11H18N4. The SMILES string of the molecule is Cc1cc(N2CCNC(C)C2)nnc1C. The summed E-state index contributed by atoms with van der Waals surface area (Å²) in [5.41, 5.74) is 2.23. The van der Waals surface area contributed by atoms with E-state index in [2.05, 4.69) is 40.3 Å². The Labute approximate surface area is 90.7 Å². The molecule has 1 saturated heterocycles. The highest BCUT2D eigenvalue weighted by Gasteiger charge is 2.17. The summed E-state index contributed by atoms with van der Waals surface area (Å²) >= 11 is 0. The van der Waals surface area contributed by atoms with Gasteiger partial charge in [0.05, 0.1) is 5.69 Å². The molecule has 0 amide bonds. The van der Waals surface area contributed by atoms with Crippen molar-refractivity contribution in [2.24, 2.45) is 0 Å². The van der Waals surface area contributed by atoms with Crippen molar-refractivity contribution in [3.05, 3.63) is 17.3 Å². The lowest BCUT2D eigenvalue weighted by Gasteiger charge is -2.32. The minimum absolute atomic E-state index is 0.530. The zero-order valence-electron chi connectivity index (χ0n) is 9.62. The van der Waals surface area contributed by atoms with Gasteiger partial charge in [0, 0.05) is 25.7 Å². The molecule has 0 spiro atoms. The molecule has 82 valence electrons. The molecule has 0 saturated carbocycles. The molecule has 1 N–H and O–H groups in total. The van der Waals surface area contributed by atoms with Gasteiger partial charge >= 0.3 is 0 Å². The van der Waals surface area contributed by atoms with Gasteiger partial charge < -0.3 is 10.2 Å². The first-order valence-corrected chi connectivity index (χ1v) is 5.46. The van der Waals surface area contributed by atoms with Crippen LogP contribution in [0.15, 0.2) is 6.07 Å². The highest BCUT2D eigenvalue weighted by atomic mass is 15.3. The van der Waals surface area contributed by atoms with E-state index >= 15 is 0 Å². The summed E-state index contributed by atoms with van der Waals surface area (Å²) in [5, 5.41) is 11.8. The number of nitrogens with one attached hydrogen (secondary N) is 1. The highest BCUT2D eigenvalue weighted by Crippen LogP contribution is 2.14. The van der Waals surface area contributed by atoms with Crippen LogP contribution in [0.25, 0.3) is 0 Å². The van der Waals surface area contributed by atoms with Crippen LogP contribution < -0.4 is 10.2 Å². The second-order valence-electron chi connectivity index (χ2n) is 4.27. The van der Waals surface area contributed by atoms with Crippen LogP contribution in [0.4, 0.5) is 5.82 Å². The molecule has 4 nitrogen and oxygen atoms in total. The molecule has 0 bridgehead atoms. The first-order valence-electron chi connectivity index (χ1n) is 5.46. The summed E-state index contributed by atoms with van der Waals surface area (Å²) in [6, 6.07) is 2.66. The van der Waals surface area contributed by atoms with Gasteiger partial charge in [-0.1, -0.05) is 0 Å². The number of anilines is 1. The molecule has 2 rings (SSSR count). The number of nitrogens with zero attached hydrogens (tertiary/aromatic N) is 3. The average molecular weight is 206 g/mol. The Balaban J connectivity index is 2.18. The predicted molar refractivity (Wildman–Crippen MR) is 61.2 cm³/mol. The Morgan fingerprint density at radius 2 is 2.20 bits per heavy atom. The fraction of sp³-hybridized carbons (Fsp3) is 0.636. The zero-order chi connectivity index (χ0) is 10.8. The molecule has 2 heterocycles. The van der Waals surface area contributed by atoms with E-state index in [0.29, 0.717) is 6.04 Å². The van der Waals surface area contributed by atoms with Gasteiger partial charge in [0.2, 0.25) is 0 Å². The van der Waals surface area contributed by atoms with Gasteiger partial charge in [-0.05, 0) is 32.4 Å². The molecule has 0 aliphatic carbocycles. The Kier molecular flexibility index (Phi) is 2.86. The molecule has 4 heteroatoms. The third-order valence-electron chi connectivity index (χ3n) is 2.91. The van der Waals surface area contributed by atoms with Crippen molar-refractivity contribution in [2.45, 2.75) is 26.8 Å². The molecule has 0 aromatic carbocycles. The van der Waals surface area contributed by atoms with Gasteiger partial charge in [0.1, 0.15) is 0 Å². The van der Waals surface area contributed by atoms with Crippen LogP contribution in [-0.2, 0) is 0 Å².